The van der Waals surface area contributed by atoms with Crippen molar-refractivity contribution in [2.45, 2.75) is 13.5 Å². The summed E-state index contributed by atoms with van der Waals surface area (Å²) in [6.07, 6.45) is 0. The van der Waals surface area contributed by atoms with E-state index in [1.807, 2.05) is 19.1 Å². The molecule has 0 fully saturated rings. The van der Waals surface area contributed by atoms with E-state index < -0.39 is 0 Å². The molecule has 20 heavy (non-hydrogen) atoms. The van der Waals surface area contributed by atoms with Crippen LogP contribution in [0.3, 0.4) is 0 Å². The molecule has 2 rings (SSSR count). The zero-order valence-corrected chi connectivity index (χ0v) is 13.3. The van der Waals surface area contributed by atoms with E-state index in [1.54, 1.807) is 19.2 Å². The van der Waals surface area contributed by atoms with Crippen molar-refractivity contribution in [2.24, 2.45) is 0 Å². The van der Waals surface area contributed by atoms with Crippen molar-refractivity contribution in [3.05, 3.63) is 50.7 Å². The number of hydrogen-bond acceptors (Lipinski definition) is 3. The zero-order valence-electron chi connectivity index (χ0n) is 11.0. The molecule has 106 valence electrons. The zero-order chi connectivity index (χ0) is 14.7. The largest absolute Gasteiger partial charge is 0.496 e. The minimum absolute atomic E-state index is 0.344. The highest BCUT2D eigenvalue weighted by Crippen LogP contribution is 2.29. The number of ether oxygens (including phenoxy) is 1. The van der Waals surface area contributed by atoms with Crippen molar-refractivity contribution in [2.75, 3.05) is 12.4 Å². The summed E-state index contributed by atoms with van der Waals surface area (Å²) in [6.45, 7) is 2.44. The first-order chi connectivity index (χ1) is 9.51. The molecule has 0 unspecified atom stereocenters. The van der Waals surface area contributed by atoms with Crippen LogP contribution in [-0.4, -0.2) is 12.1 Å². The molecule has 0 saturated heterocycles. The van der Waals surface area contributed by atoms with E-state index in [9.17, 15) is 0 Å². The van der Waals surface area contributed by atoms with Crippen molar-refractivity contribution < 1.29 is 4.74 Å². The Morgan fingerprint density at radius 2 is 1.95 bits per heavy atom. The fourth-order valence-corrected chi connectivity index (χ4v) is 2.67. The summed E-state index contributed by atoms with van der Waals surface area (Å²) in [7, 11) is 1.62. The molecule has 6 heteroatoms. The highest BCUT2D eigenvalue weighted by molar-refractivity contribution is 6.34. The van der Waals surface area contributed by atoms with E-state index in [2.05, 4.69) is 10.3 Å². The molecule has 1 aromatic heterocycles. The summed E-state index contributed by atoms with van der Waals surface area (Å²) >= 11 is 17.9. The number of aryl methyl sites for hydroxylation is 1. The summed E-state index contributed by atoms with van der Waals surface area (Å²) in [5, 5.41) is 4.60. The molecule has 0 bridgehead atoms. The van der Waals surface area contributed by atoms with Gasteiger partial charge in [0.2, 0.25) is 0 Å². The molecule has 1 aromatic carbocycles. The van der Waals surface area contributed by atoms with Gasteiger partial charge < -0.3 is 10.1 Å². The van der Waals surface area contributed by atoms with Crippen molar-refractivity contribution >= 4 is 40.5 Å². The lowest BCUT2D eigenvalue weighted by molar-refractivity contribution is 0.410. The molecular formula is C14H13Cl3N2O. The maximum atomic E-state index is 6.09. The maximum absolute atomic E-state index is 6.09. The minimum Gasteiger partial charge on any atom is -0.496 e. The lowest BCUT2D eigenvalue weighted by atomic mass is 10.2. The normalized spacial score (nSPS) is 10.4. The molecule has 0 aliphatic rings. The third-order valence-corrected chi connectivity index (χ3v) is 3.54. The number of nitrogens with zero attached hydrogens (tertiary/aromatic N) is 1. The molecule has 0 spiro atoms. The van der Waals surface area contributed by atoms with Gasteiger partial charge in [-0.3, -0.25) is 0 Å². The summed E-state index contributed by atoms with van der Waals surface area (Å²) < 4.78 is 5.30. The van der Waals surface area contributed by atoms with Gasteiger partial charge in [-0.15, -0.1) is 0 Å². The minimum atomic E-state index is 0.344. The number of methoxy groups -OCH3 is 1. The molecule has 1 N–H and O–H groups in total. The van der Waals surface area contributed by atoms with Crippen molar-refractivity contribution in [1.29, 1.82) is 0 Å². The van der Waals surface area contributed by atoms with Gasteiger partial charge in [0.05, 0.1) is 12.8 Å². The van der Waals surface area contributed by atoms with Crippen LogP contribution in [0, 0.1) is 6.92 Å². The standard InChI is InChI=1S/C14H13Cl3N2O/c1-8-5-12(16)19-14(17)13(8)18-7-9-6-10(15)3-4-11(9)20-2/h3-6,18H,7H2,1-2H3. The Morgan fingerprint density at radius 3 is 2.60 bits per heavy atom. The SMILES string of the molecule is COc1ccc(Cl)cc1CNc1c(C)cc(Cl)nc1Cl. The number of aromatic nitrogens is 1. The number of pyridine rings is 1. The van der Waals surface area contributed by atoms with Gasteiger partial charge in [-0.05, 0) is 36.8 Å². The van der Waals surface area contributed by atoms with Crippen LogP contribution in [0.15, 0.2) is 24.3 Å². The molecule has 0 aliphatic heterocycles. The van der Waals surface area contributed by atoms with E-state index in [0.29, 0.717) is 21.9 Å². The second-order valence-electron chi connectivity index (χ2n) is 4.24. The van der Waals surface area contributed by atoms with E-state index in [1.165, 1.54) is 0 Å². The van der Waals surface area contributed by atoms with Crippen LogP contribution in [0.25, 0.3) is 0 Å². The van der Waals surface area contributed by atoms with Gasteiger partial charge in [-0.25, -0.2) is 4.98 Å². The summed E-state index contributed by atoms with van der Waals surface area (Å²) in [5.41, 5.74) is 2.61. The first-order valence-corrected chi connectivity index (χ1v) is 7.03. The first kappa shape index (κ1) is 15.2. The highest BCUT2D eigenvalue weighted by atomic mass is 35.5. The Balaban J connectivity index is 2.23. The van der Waals surface area contributed by atoms with Crippen molar-refractivity contribution in [3.8, 4) is 5.75 Å². The van der Waals surface area contributed by atoms with Crippen LogP contribution in [0.5, 0.6) is 5.75 Å². The predicted octanol–water partition coefficient (Wildman–Crippen LogP) is 4.97. The smallest absolute Gasteiger partial charge is 0.154 e. The molecular weight excluding hydrogens is 319 g/mol. The van der Waals surface area contributed by atoms with Crippen LogP contribution in [0.1, 0.15) is 11.1 Å². The van der Waals surface area contributed by atoms with Crippen molar-refractivity contribution in [1.82, 2.24) is 4.98 Å². The fourth-order valence-electron chi connectivity index (χ4n) is 1.88. The second-order valence-corrected chi connectivity index (χ2v) is 5.42. The molecule has 3 nitrogen and oxygen atoms in total. The van der Waals surface area contributed by atoms with E-state index in [-0.39, 0.29) is 0 Å². The predicted molar refractivity (Wildman–Crippen MR) is 84.3 cm³/mol. The van der Waals surface area contributed by atoms with Gasteiger partial charge in [0, 0.05) is 17.1 Å². The lowest BCUT2D eigenvalue weighted by Gasteiger charge is -2.13. The third-order valence-electron chi connectivity index (χ3n) is 2.84. The van der Waals surface area contributed by atoms with Crippen LogP contribution in [0.2, 0.25) is 15.3 Å². The Morgan fingerprint density at radius 1 is 1.20 bits per heavy atom. The van der Waals surface area contributed by atoms with Gasteiger partial charge >= 0.3 is 0 Å². The Hall–Kier alpha value is -1.16. The number of anilines is 1. The molecule has 2 aromatic rings. The lowest BCUT2D eigenvalue weighted by Crippen LogP contribution is -2.04. The number of benzene rings is 1. The van der Waals surface area contributed by atoms with E-state index >= 15 is 0 Å². The van der Waals surface area contributed by atoms with E-state index in [0.717, 1.165) is 22.6 Å². The monoisotopic (exact) mass is 330 g/mol. The average molecular weight is 332 g/mol. The maximum Gasteiger partial charge on any atom is 0.154 e. The Bertz CT molecular complexity index is 609. The molecule has 0 atom stereocenters. The topological polar surface area (TPSA) is 34.1 Å². The summed E-state index contributed by atoms with van der Waals surface area (Å²) in [5.74, 6) is 0.762. The number of nitrogens with one attached hydrogen (secondary N) is 1. The fraction of sp³-hybridized carbons (Fsp3) is 0.214. The molecule has 0 radical (unpaired) electrons. The van der Waals surface area contributed by atoms with Crippen LogP contribution >= 0.6 is 34.8 Å². The van der Waals surface area contributed by atoms with Crippen molar-refractivity contribution in [3.63, 3.8) is 0 Å². The van der Waals surface area contributed by atoms with Crippen LogP contribution < -0.4 is 10.1 Å². The summed E-state index contributed by atoms with van der Waals surface area (Å²) in [4.78, 5) is 4.02. The van der Waals surface area contributed by atoms with Crippen LogP contribution in [0.4, 0.5) is 5.69 Å². The number of rotatable bonds is 4. The highest BCUT2D eigenvalue weighted by Gasteiger charge is 2.09. The quantitative estimate of drug-likeness (QED) is 0.803. The average Bonchev–Trinajstić information content (AvgIpc) is 2.37. The summed E-state index contributed by atoms with van der Waals surface area (Å²) in [6, 6.07) is 7.21. The van der Waals surface area contributed by atoms with Gasteiger partial charge in [-0.1, -0.05) is 34.8 Å². The molecule has 1 heterocycles. The van der Waals surface area contributed by atoms with Gasteiger partial charge in [-0.2, -0.15) is 0 Å². The molecule has 0 amide bonds. The Kier molecular flexibility index (Phi) is 4.97. The van der Waals surface area contributed by atoms with Gasteiger partial charge in [0.25, 0.3) is 0 Å². The number of hydrogen-bond donors (Lipinski definition) is 1. The third kappa shape index (κ3) is 3.48. The molecule has 0 aliphatic carbocycles. The second kappa shape index (κ2) is 6.53. The van der Waals surface area contributed by atoms with E-state index in [4.69, 9.17) is 39.5 Å². The number of halogens is 3. The van der Waals surface area contributed by atoms with Gasteiger partial charge in [0.15, 0.2) is 5.15 Å². The Labute approximate surface area is 132 Å². The van der Waals surface area contributed by atoms with Gasteiger partial charge in [0.1, 0.15) is 10.9 Å². The van der Waals surface area contributed by atoms with Crippen LogP contribution in [-0.2, 0) is 6.54 Å². The molecule has 0 saturated carbocycles. The first-order valence-electron chi connectivity index (χ1n) is 5.90.